The van der Waals surface area contributed by atoms with E-state index in [1.54, 1.807) is 0 Å². The maximum atomic E-state index is 10.9. The summed E-state index contributed by atoms with van der Waals surface area (Å²) in [6.45, 7) is 0.364. The van der Waals surface area contributed by atoms with E-state index in [1.165, 1.54) is 7.05 Å². The fraction of sp³-hybridized carbons (Fsp3) is 0.222. The molecule has 1 rings (SSSR count). The Labute approximate surface area is 100 Å². The van der Waals surface area contributed by atoms with Gasteiger partial charge in [-0.1, -0.05) is 30.3 Å². The van der Waals surface area contributed by atoms with Crippen LogP contribution in [0.1, 0.15) is 5.56 Å². The van der Waals surface area contributed by atoms with Crippen LogP contribution < -0.4 is 16.9 Å². The molecule has 1 aromatic rings. The Morgan fingerprint density at radius 3 is 2.62 bits per heavy atom. The van der Waals surface area contributed by atoms with E-state index in [-0.39, 0.29) is 12.4 Å². The first-order chi connectivity index (χ1) is 7.24. The lowest BCUT2D eigenvalue weighted by atomic mass is 10.2. The van der Waals surface area contributed by atoms with Crippen LogP contribution >= 0.6 is 12.4 Å². The second kappa shape index (κ2) is 7.89. The minimum absolute atomic E-state index is 0. The SMILES string of the molecule is CN(NOCc1ccccc1)C(=O)NN.Cl. The van der Waals surface area contributed by atoms with Crippen LogP contribution in [0.4, 0.5) is 4.79 Å². The quantitative estimate of drug-likeness (QED) is 0.412. The van der Waals surface area contributed by atoms with Gasteiger partial charge in [0.15, 0.2) is 0 Å². The maximum Gasteiger partial charge on any atom is 0.347 e. The summed E-state index contributed by atoms with van der Waals surface area (Å²) >= 11 is 0. The Morgan fingerprint density at radius 1 is 1.44 bits per heavy atom. The minimum Gasteiger partial charge on any atom is -0.277 e. The second-order valence-corrected chi connectivity index (χ2v) is 2.87. The first kappa shape index (κ1) is 14.7. The third kappa shape index (κ3) is 4.94. The fourth-order valence-electron chi connectivity index (χ4n) is 0.925. The number of nitrogens with zero attached hydrogens (tertiary/aromatic N) is 1. The Morgan fingerprint density at radius 2 is 2.06 bits per heavy atom. The highest BCUT2D eigenvalue weighted by Gasteiger charge is 2.04. The third-order valence-corrected chi connectivity index (χ3v) is 1.71. The topological polar surface area (TPSA) is 79.6 Å². The van der Waals surface area contributed by atoms with Gasteiger partial charge in [-0.05, 0) is 5.56 Å². The van der Waals surface area contributed by atoms with Crippen LogP contribution in [0.2, 0.25) is 0 Å². The first-order valence-electron chi connectivity index (χ1n) is 4.39. The van der Waals surface area contributed by atoms with Gasteiger partial charge in [0.1, 0.15) is 0 Å². The van der Waals surface area contributed by atoms with Gasteiger partial charge >= 0.3 is 6.03 Å². The number of carbonyl (C=O) groups is 1. The highest BCUT2D eigenvalue weighted by atomic mass is 35.5. The second-order valence-electron chi connectivity index (χ2n) is 2.87. The monoisotopic (exact) mass is 246 g/mol. The summed E-state index contributed by atoms with van der Waals surface area (Å²) in [5.74, 6) is 4.92. The molecule has 2 amide bonds. The summed E-state index contributed by atoms with van der Waals surface area (Å²) in [6.07, 6.45) is 0. The van der Waals surface area contributed by atoms with Crippen molar-refractivity contribution < 1.29 is 9.63 Å². The Bertz CT molecular complexity index is 310. The van der Waals surface area contributed by atoms with Crippen LogP contribution in [0.25, 0.3) is 0 Å². The molecule has 0 saturated carbocycles. The number of urea groups is 1. The lowest BCUT2D eigenvalue weighted by Gasteiger charge is -2.16. The number of hydrogen-bond donors (Lipinski definition) is 3. The van der Waals surface area contributed by atoms with Crippen molar-refractivity contribution in [3.63, 3.8) is 0 Å². The molecule has 0 atom stereocenters. The number of hydrogen-bond acceptors (Lipinski definition) is 4. The van der Waals surface area contributed by atoms with Crippen molar-refractivity contribution in [2.24, 2.45) is 5.84 Å². The molecule has 6 nitrogen and oxygen atoms in total. The zero-order chi connectivity index (χ0) is 11.1. The zero-order valence-corrected chi connectivity index (χ0v) is 9.66. The molecule has 0 aliphatic rings. The highest BCUT2D eigenvalue weighted by Crippen LogP contribution is 1.98. The van der Waals surface area contributed by atoms with E-state index < -0.39 is 6.03 Å². The van der Waals surface area contributed by atoms with E-state index in [0.717, 1.165) is 10.6 Å². The van der Waals surface area contributed by atoms with Crippen LogP contribution in [-0.2, 0) is 11.4 Å². The van der Waals surface area contributed by atoms with Crippen molar-refractivity contribution in [1.82, 2.24) is 16.0 Å². The van der Waals surface area contributed by atoms with Crippen LogP contribution in [0.5, 0.6) is 0 Å². The van der Waals surface area contributed by atoms with Crippen molar-refractivity contribution in [3.8, 4) is 0 Å². The maximum absolute atomic E-state index is 10.9. The smallest absolute Gasteiger partial charge is 0.277 e. The lowest BCUT2D eigenvalue weighted by molar-refractivity contribution is -0.0598. The standard InChI is InChI=1S/C9H14N4O2.ClH/c1-13(9(14)11-10)12-15-7-8-5-3-2-4-6-8;/h2-6,12H,7,10H2,1H3,(H,11,14);1H. The zero-order valence-electron chi connectivity index (χ0n) is 8.84. The highest BCUT2D eigenvalue weighted by molar-refractivity contribution is 5.85. The van der Waals surface area contributed by atoms with E-state index in [4.69, 9.17) is 10.7 Å². The molecule has 0 aliphatic carbocycles. The van der Waals surface area contributed by atoms with Crippen LogP contribution in [-0.4, -0.2) is 18.1 Å². The number of benzene rings is 1. The van der Waals surface area contributed by atoms with Gasteiger partial charge in [0, 0.05) is 7.05 Å². The largest absolute Gasteiger partial charge is 0.347 e. The Hall–Kier alpha value is -1.34. The van der Waals surface area contributed by atoms with Crippen molar-refractivity contribution in [3.05, 3.63) is 35.9 Å². The van der Waals surface area contributed by atoms with Crippen molar-refractivity contribution in [1.29, 1.82) is 0 Å². The summed E-state index contributed by atoms with van der Waals surface area (Å²) in [4.78, 5) is 16.0. The van der Waals surface area contributed by atoms with Crippen LogP contribution in [0, 0.1) is 0 Å². The van der Waals surface area contributed by atoms with Crippen molar-refractivity contribution >= 4 is 18.4 Å². The summed E-state index contributed by atoms with van der Waals surface area (Å²) in [5.41, 5.74) is 5.39. The lowest BCUT2D eigenvalue weighted by Crippen LogP contribution is -2.47. The summed E-state index contributed by atoms with van der Waals surface area (Å²) in [5, 5.41) is 1.10. The molecular formula is C9H15ClN4O2. The molecule has 7 heteroatoms. The summed E-state index contributed by atoms with van der Waals surface area (Å²) < 4.78 is 0. The summed E-state index contributed by atoms with van der Waals surface area (Å²) in [6, 6.07) is 9.10. The van der Waals surface area contributed by atoms with Crippen LogP contribution in [0.15, 0.2) is 30.3 Å². The van der Waals surface area contributed by atoms with E-state index >= 15 is 0 Å². The van der Waals surface area contributed by atoms with E-state index in [1.807, 2.05) is 35.8 Å². The number of nitrogens with one attached hydrogen (secondary N) is 2. The van der Waals surface area contributed by atoms with Gasteiger partial charge in [-0.3, -0.25) is 10.3 Å². The van der Waals surface area contributed by atoms with Gasteiger partial charge in [-0.2, -0.15) is 0 Å². The number of carbonyl (C=O) groups excluding carboxylic acids is 1. The molecule has 0 unspecified atom stereocenters. The van der Waals surface area contributed by atoms with Crippen molar-refractivity contribution in [2.75, 3.05) is 7.05 Å². The van der Waals surface area contributed by atoms with E-state index in [0.29, 0.717) is 6.61 Å². The predicted octanol–water partition coefficient (Wildman–Crippen LogP) is 0.560. The molecule has 0 fully saturated rings. The molecule has 1 aromatic carbocycles. The number of hydrazine groups is 2. The minimum atomic E-state index is -0.483. The number of nitrogens with two attached hydrogens (primary N) is 1. The van der Waals surface area contributed by atoms with Crippen molar-refractivity contribution in [2.45, 2.75) is 6.61 Å². The Balaban J connectivity index is 0.00000225. The molecule has 0 aromatic heterocycles. The van der Waals surface area contributed by atoms with Gasteiger partial charge in [0.05, 0.1) is 6.61 Å². The first-order valence-corrected chi connectivity index (χ1v) is 4.39. The predicted molar refractivity (Wildman–Crippen MR) is 62.1 cm³/mol. The third-order valence-electron chi connectivity index (χ3n) is 1.71. The molecule has 0 aliphatic heterocycles. The van der Waals surface area contributed by atoms with Gasteiger partial charge < -0.3 is 0 Å². The fourth-order valence-corrected chi connectivity index (χ4v) is 0.925. The number of amides is 2. The molecule has 0 heterocycles. The average molecular weight is 247 g/mol. The average Bonchev–Trinajstić information content (AvgIpc) is 2.29. The molecular weight excluding hydrogens is 232 g/mol. The number of halogens is 1. The van der Waals surface area contributed by atoms with E-state index in [2.05, 4.69) is 5.59 Å². The molecule has 16 heavy (non-hydrogen) atoms. The van der Waals surface area contributed by atoms with E-state index in [9.17, 15) is 4.79 Å². The van der Waals surface area contributed by atoms with Gasteiger partial charge in [0.25, 0.3) is 0 Å². The normalized spacial score (nSPS) is 9.12. The molecule has 4 N–H and O–H groups in total. The van der Waals surface area contributed by atoms with Crippen LogP contribution in [0.3, 0.4) is 0 Å². The molecule has 0 saturated heterocycles. The van der Waals surface area contributed by atoms with Gasteiger partial charge in [0.2, 0.25) is 0 Å². The molecule has 0 spiro atoms. The number of rotatable bonds is 4. The van der Waals surface area contributed by atoms with Gasteiger partial charge in [-0.25, -0.2) is 15.6 Å². The molecule has 0 radical (unpaired) electrons. The molecule has 0 bridgehead atoms. The summed E-state index contributed by atoms with van der Waals surface area (Å²) in [7, 11) is 1.49. The van der Waals surface area contributed by atoms with Gasteiger partial charge in [-0.15, -0.1) is 18.0 Å². The molecule has 90 valence electrons. The Kier molecular flexibility index (Phi) is 7.23.